The van der Waals surface area contributed by atoms with Gasteiger partial charge in [0.25, 0.3) is 5.92 Å². The largest absolute Gasteiger partial charge is 0.322 e. The molecule has 2 aliphatic heterocycles. The molecule has 0 radical (unpaired) electrons. The Morgan fingerprint density at radius 3 is 2.82 bits per heavy atom. The van der Waals surface area contributed by atoms with Gasteiger partial charge in [-0.15, -0.1) is 0 Å². The molecule has 7 nitrogen and oxygen atoms in total. The average molecular weight is 473 g/mol. The number of carbonyl (C=O) groups is 2. The van der Waals surface area contributed by atoms with Gasteiger partial charge < -0.3 is 15.0 Å². The molecular formula is C24H26F3N5O2. The Bertz CT molecular complexity index is 1170. The van der Waals surface area contributed by atoms with Crippen LogP contribution in [0.25, 0.3) is 0 Å². The maximum atomic E-state index is 15.2. The van der Waals surface area contributed by atoms with Crippen LogP contribution in [-0.4, -0.2) is 32.5 Å². The molecule has 2 aromatic rings. The number of nitrogens with one attached hydrogen (secondary N) is 1. The fraction of sp³-hybridized carbons (Fsp3) is 0.500. The van der Waals surface area contributed by atoms with Crippen LogP contribution in [0.15, 0.2) is 18.2 Å². The number of ketones is 1. The van der Waals surface area contributed by atoms with Crippen molar-refractivity contribution in [3.05, 3.63) is 46.5 Å². The fourth-order valence-corrected chi connectivity index (χ4v) is 4.78. The number of halogens is 3. The van der Waals surface area contributed by atoms with Gasteiger partial charge >= 0.3 is 6.03 Å². The molecule has 2 amide bonds. The van der Waals surface area contributed by atoms with E-state index in [0.29, 0.717) is 43.5 Å². The number of benzene rings is 1. The van der Waals surface area contributed by atoms with Gasteiger partial charge in [0.1, 0.15) is 23.4 Å². The summed E-state index contributed by atoms with van der Waals surface area (Å²) in [6.07, 6.45) is 1.19. The van der Waals surface area contributed by atoms with Gasteiger partial charge in [-0.3, -0.25) is 4.68 Å². The first-order chi connectivity index (χ1) is 16.1. The maximum absolute atomic E-state index is 15.2. The number of rotatable bonds is 4. The molecule has 34 heavy (non-hydrogen) atoms. The first kappa shape index (κ1) is 23.8. The van der Waals surface area contributed by atoms with Crippen LogP contribution in [0.4, 0.5) is 23.7 Å². The number of urea groups is 1. The minimum absolute atomic E-state index is 0.0301. The van der Waals surface area contributed by atoms with E-state index in [-0.39, 0.29) is 47.7 Å². The van der Waals surface area contributed by atoms with Crippen molar-refractivity contribution in [2.24, 2.45) is 5.92 Å². The van der Waals surface area contributed by atoms with E-state index >= 15 is 8.78 Å². The quantitative estimate of drug-likeness (QED) is 0.694. The highest BCUT2D eigenvalue weighted by Gasteiger charge is 2.44. The van der Waals surface area contributed by atoms with Crippen molar-refractivity contribution in [2.75, 3.05) is 5.32 Å². The third-order valence-corrected chi connectivity index (χ3v) is 6.63. The highest BCUT2D eigenvalue weighted by atomic mass is 19.3. The lowest BCUT2D eigenvalue weighted by Crippen LogP contribution is -2.45. The third kappa shape index (κ3) is 4.65. The minimum Gasteiger partial charge on any atom is -0.317 e. The van der Waals surface area contributed by atoms with E-state index < -0.39 is 17.8 Å². The lowest BCUT2D eigenvalue weighted by atomic mass is 9.94. The number of anilines is 1. The summed E-state index contributed by atoms with van der Waals surface area (Å²) in [7, 11) is 0. The van der Waals surface area contributed by atoms with Crippen molar-refractivity contribution >= 4 is 17.5 Å². The van der Waals surface area contributed by atoms with Crippen LogP contribution in [0.1, 0.15) is 62.0 Å². The number of nitrogens with zero attached hydrogens (tertiary/aromatic N) is 4. The van der Waals surface area contributed by atoms with E-state index in [1.165, 1.54) is 28.6 Å². The second-order valence-corrected chi connectivity index (χ2v) is 9.22. The summed E-state index contributed by atoms with van der Waals surface area (Å²) in [5.41, 5.74) is 0.821. The second kappa shape index (κ2) is 9.12. The molecule has 1 aromatic carbocycles. The molecule has 3 heterocycles. The maximum Gasteiger partial charge on any atom is 0.322 e. The monoisotopic (exact) mass is 473 g/mol. The van der Waals surface area contributed by atoms with Gasteiger partial charge in [0, 0.05) is 43.1 Å². The number of amides is 2. The average Bonchev–Trinajstić information content (AvgIpc) is 3.07. The van der Waals surface area contributed by atoms with Crippen LogP contribution in [-0.2, 0) is 30.2 Å². The Kier molecular flexibility index (Phi) is 6.39. The van der Waals surface area contributed by atoms with E-state index in [1.807, 2.05) is 6.92 Å². The molecule has 4 rings (SSSR count). The highest BCUT2D eigenvalue weighted by molar-refractivity contribution is 5.90. The number of nitriles is 1. The van der Waals surface area contributed by atoms with Gasteiger partial charge in [0.2, 0.25) is 0 Å². The zero-order valence-corrected chi connectivity index (χ0v) is 19.1. The zero-order chi connectivity index (χ0) is 24.6. The number of carbonyl (C=O) groups excluding carboxylic acids is 2. The van der Waals surface area contributed by atoms with E-state index in [4.69, 9.17) is 5.26 Å². The zero-order valence-electron chi connectivity index (χ0n) is 19.1. The van der Waals surface area contributed by atoms with E-state index in [9.17, 15) is 14.0 Å². The van der Waals surface area contributed by atoms with Crippen LogP contribution in [0, 0.1) is 23.1 Å². The van der Waals surface area contributed by atoms with Crippen molar-refractivity contribution in [3.63, 3.8) is 0 Å². The summed E-state index contributed by atoms with van der Waals surface area (Å²) in [5, 5.41) is 16.1. The van der Waals surface area contributed by atoms with E-state index in [1.54, 1.807) is 6.07 Å². The van der Waals surface area contributed by atoms with Crippen LogP contribution in [0.3, 0.4) is 0 Å². The summed E-state index contributed by atoms with van der Waals surface area (Å²) in [6.45, 7) is 3.60. The number of hydrogen-bond acceptors (Lipinski definition) is 4. The van der Waals surface area contributed by atoms with Gasteiger partial charge in [0.05, 0.1) is 17.8 Å². The predicted molar refractivity (Wildman–Crippen MR) is 118 cm³/mol. The smallest absolute Gasteiger partial charge is 0.317 e. The number of alkyl halides is 2. The molecule has 0 fully saturated rings. The summed E-state index contributed by atoms with van der Waals surface area (Å²) in [4.78, 5) is 25.8. The van der Waals surface area contributed by atoms with E-state index in [2.05, 4.69) is 10.4 Å². The minimum atomic E-state index is -3.09. The molecule has 0 spiro atoms. The summed E-state index contributed by atoms with van der Waals surface area (Å²) < 4.78 is 45.4. The van der Waals surface area contributed by atoms with E-state index in [0.717, 1.165) is 6.07 Å². The molecule has 0 aliphatic carbocycles. The highest BCUT2D eigenvalue weighted by Crippen LogP contribution is 2.43. The normalized spacial score (nSPS) is 21.1. The van der Waals surface area contributed by atoms with Gasteiger partial charge in [-0.25, -0.2) is 9.18 Å². The van der Waals surface area contributed by atoms with Crippen LogP contribution in [0.2, 0.25) is 0 Å². The summed E-state index contributed by atoms with van der Waals surface area (Å²) in [6, 6.07) is 4.56. The number of hydrogen-bond donors (Lipinski definition) is 1. The van der Waals surface area contributed by atoms with Gasteiger partial charge in [0.15, 0.2) is 0 Å². The fourth-order valence-electron chi connectivity index (χ4n) is 4.78. The van der Waals surface area contributed by atoms with Crippen LogP contribution >= 0.6 is 0 Å². The molecule has 2 atom stereocenters. The molecule has 1 aromatic heterocycles. The number of aromatic nitrogens is 2. The topological polar surface area (TPSA) is 91.0 Å². The Hall–Kier alpha value is -3.35. The molecule has 0 bridgehead atoms. The molecule has 1 N–H and O–H groups in total. The molecular weight excluding hydrogens is 447 g/mol. The van der Waals surface area contributed by atoms with Crippen molar-refractivity contribution in [1.82, 2.24) is 14.7 Å². The predicted octanol–water partition coefficient (Wildman–Crippen LogP) is 4.74. The van der Waals surface area contributed by atoms with Crippen LogP contribution in [0.5, 0.6) is 0 Å². The molecule has 10 heteroatoms. The van der Waals surface area contributed by atoms with Gasteiger partial charge in [-0.05, 0) is 50.8 Å². The van der Waals surface area contributed by atoms with Crippen molar-refractivity contribution in [1.29, 1.82) is 5.26 Å². The van der Waals surface area contributed by atoms with Crippen molar-refractivity contribution in [2.45, 2.75) is 71.0 Å². The first-order valence-corrected chi connectivity index (χ1v) is 11.3. The lowest BCUT2D eigenvalue weighted by Gasteiger charge is -2.33. The van der Waals surface area contributed by atoms with Crippen molar-refractivity contribution < 1.29 is 22.8 Å². The summed E-state index contributed by atoms with van der Waals surface area (Å²) in [5.74, 6) is -3.81. The molecule has 0 saturated carbocycles. The standard InChI is InChI=1S/C24H26F3N5O2/c1-14-9-21-19(13-31(14)23(34)29-18-5-6-20(25)17(10-18)11-28)22-24(26,27)8-7-16(4-3-15(2)33)12-32(22)30-21/h5-6,10,14,16H,3-4,7-9,12-13H2,1-2H3,(H,29,34)/t14-,16+/m1/s1. The molecule has 0 saturated heterocycles. The number of fused-ring (bicyclic) bond motifs is 3. The lowest BCUT2D eigenvalue weighted by molar-refractivity contribution is -0.117. The Balaban J connectivity index is 1.58. The molecule has 0 unspecified atom stereocenters. The number of Topliss-reactive ketones (excluding diaryl/α,β-unsaturated/α-hetero) is 1. The Labute approximate surface area is 195 Å². The molecule has 2 aliphatic rings. The Morgan fingerprint density at radius 2 is 2.12 bits per heavy atom. The third-order valence-electron chi connectivity index (χ3n) is 6.63. The molecule has 180 valence electrons. The van der Waals surface area contributed by atoms with Crippen LogP contribution < -0.4 is 5.32 Å². The second-order valence-electron chi connectivity index (χ2n) is 9.22. The SMILES string of the molecule is CC(=O)CC[C@H]1CCC(F)(F)c2c3c(nn2C1)C[C@@H](C)N(C(=O)Nc1ccc(F)c(C#N)c1)C3. The van der Waals surface area contributed by atoms with Gasteiger partial charge in [-0.2, -0.15) is 19.1 Å². The first-order valence-electron chi connectivity index (χ1n) is 11.3. The summed E-state index contributed by atoms with van der Waals surface area (Å²) >= 11 is 0. The van der Waals surface area contributed by atoms with Gasteiger partial charge in [-0.1, -0.05) is 0 Å². The van der Waals surface area contributed by atoms with Crippen molar-refractivity contribution in [3.8, 4) is 6.07 Å². The Morgan fingerprint density at radius 1 is 1.35 bits per heavy atom.